The summed E-state index contributed by atoms with van der Waals surface area (Å²) in [6.07, 6.45) is 1.69. The summed E-state index contributed by atoms with van der Waals surface area (Å²) >= 11 is 7.56. The van der Waals surface area contributed by atoms with Crippen LogP contribution in [0.15, 0.2) is 42.6 Å². The first-order chi connectivity index (χ1) is 9.65. The van der Waals surface area contributed by atoms with E-state index in [1.165, 1.54) is 4.88 Å². The monoisotopic (exact) mass is 303 g/mol. The number of aromatic nitrogens is 1. The molecule has 0 amide bonds. The van der Waals surface area contributed by atoms with Crippen molar-refractivity contribution in [3.8, 4) is 0 Å². The van der Waals surface area contributed by atoms with Crippen molar-refractivity contribution < 1.29 is 0 Å². The largest absolute Gasteiger partial charge is 0.396 e. The Bertz CT molecular complexity index is 754. The highest BCUT2D eigenvalue weighted by atomic mass is 35.5. The number of nitrogens with one attached hydrogen (secondary N) is 1. The molecule has 5 heteroatoms. The van der Waals surface area contributed by atoms with Crippen molar-refractivity contribution in [2.24, 2.45) is 0 Å². The highest BCUT2D eigenvalue weighted by Crippen LogP contribution is 2.33. The van der Waals surface area contributed by atoms with Gasteiger partial charge < -0.3 is 11.1 Å². The van der Waals surface area contributed by atoms with Gasteiger partial charge >= 0.3 is 0 Å². The van der Waals surface area contributed by atoms with E-state index in [0.29, 0.717) is 5.69 Å². The molecule has 2 aromatic heterocycles. The van der Waals surface area contributed by atoms with Gasteiger partial charge in [-0.15, -0.1) is 11.3 Å². The molecule has 20 heavy (non-hydrogen) atoms. The Morgan fingerprint density at radius 2 is 2.05 bits per heavy atom. The van der Waals surface area contributed by atoms with Crippen LogP contribution in [0.25, 0.3) is 10.9 Å². The van der Waals surface area contributed by atoms with E-state index >= 15 is 0 Å². The third-order valence-electron chi connectivity index (χ3n) is 3.19. The van der Waals surface area contributed by atoms with E-state index in [4.69, 9.17) is 17.3 Å². The summed E-state index contributed by atoms with van der Waals surface area (Å²) in [5, 5.41) is 4.50. The topological polar surface area (TPSA) is 50.9 Å². The van der Waals surface area contributed by atoms with Crippen LogP contribution in [0.3, 0.4) is 0 Å². The number of nitrogens with zero attached hydrogens (tertiary/aromatic N) is 1. The Morgan fingerprint density at radius 3 is 2.80 bits per heavy atom. The molecular formula is C15H14ClN3S. The Kier molecular flexibility index (Phi) is 3.51. The second kappa shape index (κ2) is 5.31. The predicted molar refractivity (Wildman–Crippen MR) is 87.5 cm³/mol. The van der Waals surface area contributed by atoms with Crippen LogP contribution in [0.2, 0.25) is 4.34 Å². The molecule has 1 unspecified atom stereocenters. The minimum atomic E-state index is 0.139. The van der Waals surface area contributed by atoms with Crippen molar-refractivity contribution in [2.75, 3.05) is 11.1 Å². The number of benzene rings is 1. The van der Waals surface area contributed by atoms with Crippen LogP contribution in [0.4, 0.5) is 11.4 Å². The number of nitrogen functional groups attached to an aromatic ring is 1. The van der Waals surface area contributed by atoms with Crippen LogP contribution in [0, 0.1) is 0 Å². The molecule has 3 rings (SSSR count). The number of anilines is 2. The second-order valence-electron chi connectivity index (χ2n) is 4.61. The highest BCUT2D eigenvalue weighted by molar-refractivity contribution is 7.16. The molecule has 3 aromatic rings. The van der Waals surface area contributed by atoms with Gasteiger partial charge in [-0.1, -0.05) is 29.8 Å². The summed E-state index contributed by atoms with van der Waals surface area (Å²) in [4.78, 5) is 5.52. The van der Waals surface area contributed by atoms with E-state index < -0.39 is 0 Å². The summed E-state index contributed by atoms with van der Waals surface area (Å²) < 4.78 is 0.793. The van der Waals surface area contributed by atoms with Gasteiger partial charge in [0.25, 0.3) is 0 Å². The van der Waals surface area contributed by atoms with Crippen LogP contribution in [-0.4, -0.2) is 4.98 Å². The number of hydrogen-bond donors (Lipinski definition) is 2. The van der Waals surface area contributed by atoms with Gasteiger partial charge in [0.15, 0.2) is 0 Å². The average Bonchev–Trinajstić information content (AvgIpc) is 2.89. The van der Waals surface area contributed by atoms with Crippen LogP contribution in [0.1, 0.15) is 17.8 Å². The molecule has 0 aliphatic rings. The summed E-state index contributed by atoms with van der Waals surface area (Å²) in [6.45, 7) is 2.09. The molecule has 0 fully saturated rings. The van der Waals surface area contributed by atoms with E-state index in [-0.39, 0.29) is 6.04 Å². The minimum absolute atomic E-state index is 0.139. The number of fused-ring (bicyclic) bond motifs is 1. The lowest BCUT2D eigenvalue weighted by Gasteiger charge is -2.17. The molecule has 0 aliphatic carbocycles. The number of rotatable bonds is 3. The van der Waals surface area contributed by atoms with Gasteiger partial charge in [0.2, 0.25) is 0 Å². The smallest absolute Gasteiger partial charge is 0.0932 e. The first kappa shape index (κ1) is 13.2. The van der Waals surface area contributed by atoms with Gasteiger partial charge in [-0.05, 0) is 25.1 Å². The van der Waals surface area contributed by atoms with Gasteiger partial charge in [-0.2, -0.15) is 0 Å². The summed E-state index contributed by atoms with van der Waals surface area (Å²) in [6, 6.07) is 12.0. The van der Waals surface area contributed by atoms with E-state index in [2.05, 4.69) is 17.2 Å². The van der Waals surface area contributed by atoms with Crippen molar-refractivity contribution in [3.05, 3.63) is 51.8 Å². The molecule has 0 saturated heterocycles. The first-order valence-corrected chi connectivity index (χ1v) is 7.49. The van der Waals surface area contributed by atoms with E-state index in [1.807, 2.05) is 36.4 Å². The number of halogens is 1. The fraction of sp³-hybridized carbons (Fsp3) is 0.133. The first-order valence-electron chi connectivity index (χ1n) is 6.30. The van der Waals surface area contributed by atoms with Crippen LogP contribution >= 0.6 is 22.9 Å². The molecule has 1 atom stereocenters. The summed E-state index contributed by atoms with van der Waals surface area (Å²) in [5.74, 6) is 0. The molecule has 3 N–H and O–H groups in total. The maximum atomic E-state index is 6.07. The number of thiophene rings is 1. The second-order valence-corrected chi connectivity index (χ2v) is 6.36. The van der Waals surface area contributed by atoms with Crippen molar-refractivity contribution in [2.45, 2.75) is 13.0 Å². The van der Waals surface area contributed by atoms with Gasteiger partial charge in [-0.3, -0.25) is 4.98 Å². The quantitative estimate of drug-likeness (QED) is 0.737. The number of nitrogens with two attached hydrogens (primary N) is 1. The van der Waals surface area contributed by atoms with Gasteiger partial charge in [0, 0.05) is 10.3 Å². The van der Waals surface area contributed by atoms with Crippen LogP contribution in [0.5, 0.6) is 0 Å². The Labute approximate surface area is 126 Å². The zero-order chi connectivity index (χ0) is 14.1. The lowest BCUT2D eigenvalue weighted by Crippen LogP contribution is -2.08. The van der Waals surface area contributed by atoms with Crippen molar-refractivity contribution in [1.82, 2.24) is 4.98 Å². The van der Waals surface area contributed by atoms with Gasteiger partial charge in [0.1, 0.15) is 0 Å². The minimum Gasteiger partial charge on any atom is -0.396 e. The Hall–Kier alpha value is -1.78. The molecule has 0 radical (unpaired) electrons. The number of para-hydroxylation sites is 1. The SMILES string of the molecule is CC(Nc1c(N)cnc2ccccc12)c1ccc(Cl)s1. The predicted octanol–water partition coefficient (Wildman–Crippen LogP) is 4.71. The van der Waals surface area contributed by atoms with Gasteiger partial charge in [0.05, 0.1) is 33.5 Å². The molecular weight excluding hydrogens is 290 g/mol. The standard InChI is InChI=1S/C15H14ClN3S/c1-9(13-6-7-14(16)20-13)19-15-10-4-2-3-5-12(10)18-8-11(15)17/h2-9H,17H2,1H3,(H,18,19). The lowest BCUT2D eigenvalue weighted by molar-refractivity contribution is 0.910. The van der Waals surface area contributed by atoms with E-state index in [1.54, 1.807) is 17.5 Å². The zero-order valence-corrected chi connectivity index (χ0v) is 12.5. The maximum absolute atomic E-state index is 6.07. The Morgan fingerprint density at radius 1 is 1.25 bits per heavy atom. The van der Waals surface area contributed by atoms with Crippen LogP contribution < -0.4 is 11.1 Å². The normalized spacial score (nSPS) is 12.5. The summed E-state index contributed by atoms with van der Waals surface area (Å²) in [7, 11) is 0. The Balaban J connectivity index is 2.00. The van der Waals surface area contributed by atoms with E-state index in [0.717, 1.165) is 20.9 Å². The molecule has 0 saturated carbocycles. The fourth-order valence-corrected chi connectivity index (χ4v) is 3.23. The number of pyridine rings is 1. The molecule has 3 nitrogen and oxygen atoms in total. The molecule has 0 bridgehead atoms. The lowest BCUT2D eigenvalue weighted by atomic mass is 10.1. The van der Waals surface area contributed by atoms with Crippen molar-refractivity contribution in [3.63, 3.8) is 0 Å². The van der Waals surface area contributed by atoms with Gasteiger partial charge in [-0.25, -0.2) is 0 Å². The third kappa shape index (κ3) is 2.44. The highest BCUT2D eigenvalue weighted by Gasteiger charge is 2.12. The van der Waals surface area contributed by atoms with Crippen molar-refractivity contribution >= 4 is 45.2 Å². The van der Waals surface area contributed by atoms with Crippen molar-refractivity contribution in [1.29, 1.82) is 0 Å². The third-order valence-corrected chi connectivity index (χ3v) is 4.60. The summed E-state index contributed by atoms with van der Waals surface area (Å²) in [5.41, 5.74) is 8.58. The zero-order valence-electron chi connectivity index (χ0n) is 10.9. The number of hydrogen-bond acceptors (Lipinski definition) is 4. The fourth-order valence-electron chi connectivity index (χ4n) is 2.17. The van der Waals surface area contributed by atoms with Crippen LogP contribution in [-0.2, 0) is 0 Å². The van der Waals surface area contributed by atoms with E-state index in [9.17, 15) is 0 Å². The molecule has 102 valence electrons. The maximum Gasteiger partial charge on any atom is 0.0932 e. The average molecular weight is 304 g/mol. The molecule has 0 aliphatic heterocycles. The molecule has 2 heterocycles. The molecule has 1 aromatic carbocycles. The molecule has 0 spiro atoms.